The van der Waals surface area contributed by atoms with Crippen LogP contribution < -0.4 is 5.32 Å². The molecular formula is C11H15Cl3N2. The Morgan fingerprint density at radius 1 is 1.25 bits per heavy atom. The Morgan fingerprint density at radius 3 is 2.56 bits per heavy atom. The highest BCUT2D eigenvalue weighted by Gasteiger charge is 2.39. The number of aromatic nitrogens is 1. The molecule has 2 aliphatic rings. The van der Waals surface area contributed by atoms with E-state index in [1.165, 1.54) is 24.8 Å². The fraction of sp³-hybridized carbons (Fsp3) is 0.545. The Kier molecular flexibility index (Phi) is 4.87. The van der Waals surface area contributed by atoms with Crippen LogP contribution in [0.2, 0.25) is 5.15 Å². The van der Waals surface area contributed by atoms with Crippen molar-refractivity contribution in [1.29, 1.82) is 0 Å². The van der Waals surface area contributed by atoms with Gasteiger partial charge in [0.15, 0.2) is 0 Å². The van der Waals surface area contributed by atoms with E-state index in [1.54, 1.807) is 0 Å². The van der Waals surface area contributed by atoms with Crippen LogP contribution in [-0.4, -0.2) is 17.1 Å². The smallest absolute Gasteiger partial charge is 0.129 e. The summed E-state index contributed by atoms with van der Waals surface area (Å²) in [4.78, 5) is 4.14. The third kappa shape index (κ3) is 2.45. The summed E-state index contributed by atoms with van der Waals surface area (Å²) in [6.45, 7) is 0. The maximum Gasteiger partial charge on any atom is 0.129 e. The highest BCUT2D eigenvalue weighted by molar-refractivity contribution is 6.29. The van der Waals surface area contributed by atoms with Crippen molar-refractivity contribution in [2.75, 3.05) is 0 Å². The van der Waals surface area contributed by atoms with Gasteiger partial charge in [-0.2, -0.15) is 0 Å². The molecular weight excluding hydrogens is 266 g/mol. The summed E-state index contributed by atoms with van der Waals surface area (Å²) in [6, 6.07) is 5.44. The Morgan fingerprint density at radius 2 is 2.06 bits per heavy atom. The summed E-state index contributed by atoms with van der Waals surface area (Å²) < 4.78 is 0. The van der Waals surface area contributed by atoms with Crippen LogP contribution in [0.4, 0.5) is 0 Å². The molecule has 2 fully saturated rings. The van der Waals surface area contributed by atoms with E-state index in [0.29, 0.717) is 17.1 Å². The average molecular weight is 282 g/mol. The lowest BCUT2D eigenvalue weighted by Gasteiger charge is -2.19. The fourth-order valence-electron chi connectivity index (χ4n) is 2.80. The number of nitrogens with one attached hydrogen (secondary N) is 1. The second-order valence-corrected chi connectivity index (χ2v) is 4.69. The highest BCUT2D eigenvalue weighted by atomic mass is 35.5. The molecule has 0 aliphatic carbocycles. The number of fused-ring (bicyclic) bond motifs is 2. The average Bonchev–Trinajstić information content (AvgIpc) is 2.80. The number of rotatable bonds is 1. The van der Waals surface area contributed by atoms with Crippen LogP contribution in [0.5, 0.6) is 0 Å². The van der Waals surface area contributed by atoms with Gasteiger partial charge in [0, 0.05) is 24.2 Å². The standard InChI is InChI=1S/C11H13ClN2.2ClH/c12-11-4-1-7(6-13-11)9-5-8-2-3-10(9)14-8;;/h1,4,6,8-10,14H,2-3,5H2;2*1H/t8-,9?,10+;;/m0../s1. The molecule has 1 aromatic rings. The van der Waals surface area contributed by atoms with Gasteiger partial charge < -0.3 is 5.32 Å². The largest absolute Gasteiger partial charge is 0.311 e. The van der Waals surface area contributed by atoms with Crippen molar-refractivity contribution in [3.8, 4) is 0 Å². The fourth-order valence-corrected chi connectivity index (χ4v) is 2.91. The summed E-state index contributed by atoms with van der Waals surface area (Å²) in [5, 5.41) is 4.22. The molecule has 16 heavy (non-hydrogen) atoms. The van der Waals surface area contributed by atoms with E-state index in [4.69, 9.17) is 11.6 Å². The molecule has 2 aliphatic heterocycles. The first-order chi connectivity index (χ1) is 6.83. The third-order valence-electron chi connectivity index (χ3n) is 3.48. The third-order valence-corrected chi connectivity index (χ3v) is 3.70. The Balaban J connectivity index is 0.000000640. The van der Waals surface area contributed by atoms with Crippen molar-refractivity contribution in [2.24, 2.45) is 0 Å². The quantitative estimate of drug-likeness (QED) is 0.800. The van der Waals surface area contributed by atoms with Gasteiger partial charge in [0.25, 0.3) is 0 Å². The van der Waals surface area contributed by atoms with Gasteiger partial charge in [-0.25, -0.2) is 4.98 Å². The van der Waals surface area contributed by atoms with Crippen LogP contribution in [0, 0.1) is 0 Å². The molecule has 3 rings (SSSR count). The van der Waals surface area contributed by atoms with Crippen molar-refractivity contribution in [2.45, 2.75) is 37.3 Å². The minimum absolute atomic E-state index is 0. The van der Waals surface area contributed by atoms with Gasteiger partial charge in [-0.1, -0.05) is 17.7 Å². The molecule has 1 N–H and O–H groups in total. The summed E-state index contributed by atoms with van der Waals surface area (Å²) >= 11 is 5.77. The molecule has 5 heteroatoms. The zero-order valence-corrected chi connectivity index (χ0v) is 11.1. The predicted molar refractivity (Wildman–Crippen MR) is 71.0 cm³/mol. The number of hydrogen-bond acceptors (Lipinski definition) is 2. The van der Waals surface area contributed by atoms with E-state index in [2.05, 4.69) is 16.4 Å². The predicted octanol–water partition coefficient (Wildman–Crippen LogP) is 3.19. The molecule has 3 heterocycles. The second-order valence-electron chi connectivity index (χ2n) is 4.30. The van der Waals surface area contributed by atoms with E-state index >= 15 is 0 Å². The van der Waals surface area contributed by atoms with Crippen molar-refractivity contribution in [3.05, 3.63) is 29.0 Å². The molecule has 2 nitrogen and oxygen atoms in total. The van der Waals surface area contributed by atoms with Gasteiger partial charge >= 0.3 is 0 Å². The molecule has 0 amide bonds. The van der Waals surface area contributed by atoms with E-state index in [1.807, 2.05) is 12.3 Å². The van der Waals surface area contributed by atoms with Crippen molar-refractivity contribution >= 4 is 36.4 Å². The van der Waals surface area contributed by atoms with Gasteiger partial charge in [-0.05, 0) is 30.9 Å². The highest BCUT2D eigenvalue weighted by Crippen LogP contribution is 2.39. The van der Waals surface area contributed by atoms with Gasteiger partial charge in [-0.3, -0.25) is 0 Å². The van der Waals surface area contributed by atoms with E-state index < -0.39 is 0 Å². The summed E-state index contributed by atoms with van der Waals surface area (Å²) in [5.41, 5.74) is 1.34. The lowest BCUT2D eigenvalue weighted by atomic mass is 9.85. The zero-order valence-electron chi connectivity index (χ0n) is 8.73. The van der Waals surface area contributed by atoms with Crippen LogP contribution in [0.3, 0.4) is 0 Å². The SMILES string of the molecule is Cl.Cl.Clc1ccc(C2C[C@@H]3CC[C@H]2N3)cn1. The number of nitrogens with zero attached hydrogens (tertiary/aromatic N) is 1. The van der Waals surface area contributed by atoms with Gasteiger partial charge in [0.05, 0.1) is 0 Å². The van der Waals surface area contributed by atoms with Crippen LogP contribution in [-0.2, 0) is 0 Å². The monoisotopic (exact) mass is 280 g/mol. The van der Waals surface area contributed by atoms with Crippen LogP contribution in [0.25, 0.3) is 0 Å². The minimum Gasteiger partial charge on any atom is -0.311 e. The van der Waals surface area contributed by atoms with Crippen LogP contribution in [0.15, 0.2) is 18.3 Å². The molecule has 0 radical (unpaired) electrons. The summed E-state index contributed by atoms with van der Waals surface area (Å²) in [6.07, 6.45) is 5.86. The number of pyridine rings is 1. The van der Waals surface area contributed by atoms with Crippen LogP contribution in [0.1, 0.15) is 30.7 Å². The molecule has 0 saturated carbocycles. The minimum atomic E-state index is 0. The molecule has 0 aromatic carbocycles. The molecule has 3 atom stereocenters. The Bertz CT molecular complexity index is 342. The molecule has 1 unspecified atom stereocenters. The first kappa shape index (κ1) is 14.0. The van der Waals surface area contributed by atoms with E-state index in [0.717, 1.165) is 6.04 Å². The van der Waals surface area contributed by atoms with Gasteiger partial charge in [0.2, 0.25) is 0 Å². The molecule has 2 saturated heterocycles. The first-order valence-corrected chi connectivity index (χ1v) is 5.58. The summed E-state index contributed by atoms with van der Waals surface area (Å²) in [5.74, 6) is 0.665. The van der Waals surface area contributed by atoms with Crippen molar-refractivity contribution in [3.63, 3.8) is 0 Å². The number of hydrogen-bond donors (Lipinski definition) is 1. The lowest BCUT2D eigenvalue weighted by molar-refractivity contribution is 0.505. The molecule has 2 bridgehead atoms. The zero-order chi connectivity index (χ0) is 9.54. The maximum atomic E-state index is 5.77. The lowest BCUT2D eigenvalue weighted by Crippen LogP contribution is -2.21. The molecule has 1 aromatic heterocycles. The first-order valence-electron chi connectivity index (χ1n) is 5.20. The Hall–Kier alpha value is -0.0200. The van der Waals surface area contributed by atoms with Crippen molar-refractivity contribution < 1.29 is 0 Å². The molecule has 0 spiro atoms. The van der Waals surface area contributed by atoms with Gasteiger partial charge in [-0.15, -0.1) is 24.8 Å². The van der Waals surface area contributed by atoms with E-state index in [9.17, 15) is 0 Å². The summed E-state index contributed by atoms with van der Waals surface area (Å²) in [7, 11) is 0. The number of halogens is 3. The normalized spacial score (nSPS) is 30.7. The van der Waals surface area contributed by atoms with E-state index in [-0.39, 0.29) is 24.8 Å². The van der Waals surface area contributed by atoms with Crippen LogP contribution >= 0.6 is 36.4 Å². The van der Waals surface area contributed by atoms with Crippen molar-refractivity contribution in [1.82, 2.24) is 10.3 Å². The second kappa shape index (κ2) is 5.54. The van der Waals surface area contributed by atoms with Gasteiger partial charge in [0.1, 0.15) is 5.15 Å². The topological polar surface area (TPSA) is 24.9 Å². The Labute approximate surface area is 113 Å². The molecule has 90 valence electrons. The maximum absolute atomic E-state index is 5.77.